The van der Waals surface area contributed by atoms with Crippen molar-refractivity contribution < 1.29 is 14.4 Å². The number of hydrogen-bond donors (Lipinski definition) is 3. The van der Waals surface area contributed by atoms with E-state index in [1.54, 1.807) is 24.3 Å². The second-order valence-electron chi connectivity index (χ2n) is 7.61. The molecule has 31 heavy (non-hydrogen) atoms. The van der Waals surface area contributed by atoms with Gasteiger partial charge in [0.25, 0.3) is 0 Å². The summed E-state index contributed by atoms with van der Waals surface area (Å²) in [4.78, 5) is 49.9. The van der Waals surface area contributed by atoms with Crippen molar-refractivity contribution in [1.29, 1.82) is 0 Å². The minimum Gasteiger partial charge on any atom is -0.352 e. The Bertz CT molecular complexity index is 1200. The van der Waals surface area contributed by atoms with Gasteiger partial charge in [-0.25, -0.2) is 14.2 Å². The summed E-state index contributed by atoms with van der Waals surface area (Å²) in [6.45, 7) is 0.243. The highest BCUT2D eigenvalue weighted by molar-refractivity contribution is 6.01. The number of para-hydroxylation sites is 2. The van der Waals surface area contributed by atoms with E-state index in [-0.39, 0.29) is 24.9 Å². The zero-order valence-corrected chi connectivity index (χ0v) is 16.8. The molecule has 1 fully saturated rings. The number of fused-ring (bicyclic) bond motifs is 1. The molecule has 0 radical (unpaired) electrons. The third-order valence-corrected chi connectivity index (χ3v) is 5.39. The molecule has 9 nitrogen and oxygen atoms in total. The van der Waals surface area contributed by atoms with Crippen LogP contribution in [0.3, 0.4) is 0 Å². The van der Waals surface area contributed by atoms with Crippen molar-refractivity contribution in [3.05, 3.63) is 70.6 Å². The SMILES string of the molecule is N[C@@H](Cc1ccccc1)C(=O)NC(=O)n1c(=O)n(CC2CCC(=O)N2)c2ccccc21. The van der Waals surface area contributed by atoms with Gasteiger partial charge in [0.05, 0.1) is 17.1 Å². The maximum atomic E-state index is 13.1. The highest BCUT2D eigenvalue weighted by atomic mass is 16.2. The highest BCUT2D eigenvalue weighted by Crippen LogP contribution is 2.16. The zero-order chi connectivity index (χ0) is 22.0. The van der Waals surface area contributed by atoms with Crippen molar-refractivity contribution in [3.63, 3.8) is 0 Å². The number of carbonyl (C=O) groups excluding carboxylic acids is 3. The van der Waals surface area contributed by atoms with Crippen LogP contribution < -0.4 is 22.1 Å². The molecule has 1 aliphatic rings. The molecule has 1 saturated heterocycles. The first kappa shape index (κ1) is 20.5. The monoisotopic (exact) mass is 421 g/mol. The molecule has 3 aromatic rings. The number of rotatable bonds is 5. The minimum absolute atomic E-state index is 0.0578. The Hall–Kier alpha value is -3.72. The van der Waals surface area contributed by atoms with Gasteiger partial charge in [-0.1, -0.05) is 42.5 Å². The topological polar surface area (TPSA) is 128 Å². The summed E-state index contributed by atoms with van der Waals surface area (Å²) in [5.74, 6) is -0.724. The Labute approximate surface area is 177 Å². The smallest absolute Gasteiger partial charge is 0.337 e. The van der Waals surface area contributed by atoms with Crippen LogP contribution in [0.1, 0.15) is 18.4 Å². The molecular formula is C22H23N5O4. The molecule has 0 spiro atoms. The van der Waals surface area contributed by atoms with Crippen LogP contribution in [0, 0.1) is 0 Å². The van der Waals surface area contributed by atoms with Crippen molar-refractivity contribution in [1.82, 2.24) is 19.8 Å². The van der Waals surface area contributed by atoms with E-state index in [4.69, 9.17) is 5.73 Å². The van der Waals surface area contributed by atoms with Crippen LogP contribution in [0.5, 0.6) is 0 Å². The van der Waals surface area contributed by atoms with Gasteiger partial charge in [0.2, 0.25) is 11.8 Å². The van der Waals surface area contributed by atoms with Crippen LogP contribution in [-0.4, -0.2) is 39.1 Å². The standard InChI is InChI=1S/C22H23N5O4/c23-16(12-14-6-2-1-3-7-14)20(29)25-21(30)27-18-9-5-4-8-17(18)26(22(27)31)13-15-10-11-19(28)24-15/h1-9,15-16H,10-13,23H2,(H,24,28)(H,25,29,30)/t15?,16-/m0/s1. The molecule has 4 N–H and O–H groups in total. The number of benzene rings is 2. The largest absolute Gasteiger partial charge is 0.352 e. The summed E-state index contributed by atoms with van der Waals surface area (Å²) in [5.41, 5.74) is 7.16. The Kier molecular flexibility index (Phi) is 5.68. The first-order valence-corrected chi connectivity index (χ1v) is 10.1. The molecule has 2 atom stereocenters. The van der Waals surface area contributed by atoms with Gasteiger partial charge in [-0.15, -0.1) is 0 Å². The third kappa shape index (κ3) is 4.26. The fraction of sp³-hybridized carbons (Fsp3) is 0.273. The van der Waals surface area contributed by atoms with E-state index in [9.17, 15) is 19.2 Å². The van der Waals surface area contributed by atoms with Gasteiger partial charge in [0, 0.05) is 19.0 Å². The van der Waals surface area contributed by atoms with Crippen molar-refractivity contribution >= 4 is 28.9 Å². The number of nitrogens with zero attached hydrogens (tertiary/aromatic N) is 2. The van der Waals surface area contributed by atoms with E-state index in [0.29, 0.717) is 23.9 Å². The summed E-state index contributed by atoms with van der Waals surface area (Å²) in [5, 5.41) is 5.06. The van der Waals surface area contributed by atoms with Gasteiger partial charge in [-0.05, 0) is 30.5 Å². The fourth-order valence-electron chi connectivity index (χ4n) is 3.83. The Morgan fingerprint density at radius 1 is 1.06 bits per heavy atom. The quantitative estimate of drug-likeness (QED) is 0.560. The van der Waals surface area contributed by atoms with Gasteiger partial charge in [-0.3, -0.25) is 19.5 Å². The molecule has 3 amide bonds. The van der Waals surface area contributed by atoms with Gasteiger partial charge in [-0.2, -0.15) is 0 Å². The van der Waals surface area contributed by atoms with Crippen molar-refractivity contribution in [2.45, 2.75) is 37.9 Å². The predicted molar refractivity (Wildman–Crippen MR) is 114 cm³/mol. The minimum atomic E-state index is -0.941. The van der Waals surface area contributed by atoms with Gasteiger partial charge in [0.15, 0.2) is 0 Å². The second kappa shape index (κ2) is 8.57. The van der Waals surface area contributed by atoms with Crippen LogP contribution in [0.2, 0.25) is 0 Å². The van der Waals surface area contributed by atoms with E-state index < -0.39 is 23.7 Å². The molecule has 2 heterocycles. The number of imidazole rings is 1. The number of imide groups is 1. The molecule has 1 aromatic heterocycles. The number of nitrogens with two attached hydrogens (primary N) is 1. The molecule has 0 saturated carbocycles. The summed E-state index contributed by atoms with van der Waals surface area (Å²) < 4.78 is 2.37. The Morgan fingerprint density at radius 3 is 2.42 bits per heavy atom. The summed E-state index contributed by atoms with van der Waals surface area (Å²) >= 11 is 0. The summed E-state index contributed by atoms with van der Waals surface area (Å²) in [7, 11) is 0. The van der Waals surface area contributed by atoms with Crippen LogP contribution in [-0.2, 0) is 22.6 Å². The van der Waals surface area contributed by atoms with E-state index in [2.05, 4.69) is 10.6 Å². The van der Waals surface area contributed by atoms with E-state index in [1.807, 2.05) is 30.3 Å². The van der Waals surface area contributed by atoms with Crippen molar-refractivity contribution in [2.24, 2.45) is 5.73 Å². The highest BCUT2D eigenvalue weighted by Gasteiger charge is 2.26. The normalized spacial score (nSPS) is 16.8. The zero-order valence-electron chi connectivity index (χ0n) is 16.8. The van der Waals surface area contributed by atoms with Crippen LogP contribution in [0.15, 0.2) is 59.4 Å². The molecule has 0 bridgehead atoms. The first-order valence-electron chi connectivity index (χ1n) is 10.1. The Morgan fingerprint density at radius 2 is 1.74 bits per heavy atom. The van der Waals surface area contributed by atoms with Crippen molar-refractivity contribution in [2.75, 3.05) is 0 Å². The molecule has 160 valence electrons. The maximum Gasteiger partial charge on any atom is 0.337 e. The first-order chi connectivity index (χ1) is 14.9. The molecule has 4 rings (SSSR count). The summed E-state index contributed by atoms with van der Waals surface area (Å²) in [6, 6.07) is 14.1. The van der Waals surface area contributed by atoms with Crippen LogP contribution >= 0.6 is 0 Å². The molecule has 1 aliphatic heterocycles. The maximum absolute atomic E-state index is 13.1. The molecule has 1 unspecified atom stereocenters. The molecule has 9 heteroatoms. The average molecular weight is 421 g/mol. The van der Waals surface area contributed by atoms with Crippen LogP contribution in [0.4, 0.5) is 4.79 Å². The molecule has 2 aromatic carbocycles. The van der Waals surface area contributed by atoms with E-state index in [0.717, 1.165) is 10.1 Å². The molecular weight excluding hydrogens is 398 g/mol. The number of hydrogen-bond acceptors (Lipinski definition) is 5. The lowest BCUT2D eigenvalue weighted by Crippen LogP contribution is -2.48. The lowest BCUT2D eigenvalue weighted by molar-refractivity contribution is -0.121. The second-order valence-corrected chi connectivity index (χ2v) is 7.61. The van der Waals surface area contributed by atoms with E-state index >= 15 is 0 Å². The van der Waals surface area contributed by atoms with Gasteiger partial charge < -0.3 is 11.1 Å². The van der Waals surface area contributed by atoms with Gasteiger partial charge in [0.1, 0.15) is 0 Å². The lowest BCUT2D eigenvalue weighted by atomic mass is 10.1. The van der Waals surface area contributed by atoms with E-state index in [1.165, 1.54) is 4.57 Å². The van der Waals surface area contributed by atoms with Crippen molar-refractivity contribution in [3.8, 4) is 0 Å². The fourth-order valence-corrected chi connectivity index (χ4v) is 3.83. The third-order valence-electron chi connectivity index (χ3n) is 5.39. The number of nitrogens with one attached hydrogen (secondary N) is 2. The van der Waals surface area contributed by atoms with Crippen LogP contribution in [0.25, 0.3) is 11.0 Å². The number of aromatic nitrogens is 2. The van der Waals surface area contributed by atoms with Gasteiger partial charge >= 0.3 is 11.7 Å². The summed E-state index contributed by atoms with van der Waals surface area (Å²) in [6.07, 6.45) is 1.29. The Balaban J connectivity index is 1.56. The average Bonchev–Trinajstić information content (AvgIpc) is 3.29. The molecule has 0 aliphatic carbocycles. The number of amides is 3. The lowest BCUT2D eigenvalue weighted by Gasteiger charge is -2.12. The predicted octanol–water partition coefficient (Wildman–Crippen LogP) is 0.736. The number of carbonyl (C=O) groups is 3.